The molecule has 1 fully saturated rings. The number of carbonyl (C=O) groups excluding carboxylic acids is 1. The zero-order valence-electron chi connectivity index (χ0n) is 22.0. The van der Waals surface area contributed by atoms with Crippen molar-refractivity contribution < 1.29 is 22.7 Å². The fourth-order valence-corrected chi connectivity index (χ4v) is 5.82. The molecule has 2 atom stereocenters. The summed E-state index contributed by atoms with van der Waals surface area (Å²) in [6.07, 6.45) is 1.70. The van der Waals surface area contributed by atoms with Crippen LogP contribution in [0.4, 0.5) is 10.1 Å². The van der Waals surface area contributed by atoms with Crippen LogP contribution in [0.3, 0.4) is 0 Å². The van der Waals surface area contributed by atoms with Crippen LogP contribution in [0, 0.1) is 11.7 Å². The highest BCUT2D eigenvalue weighted by Crippen LogP contribution is 2.23. The molecule has 1 heterocycles. The van der Waals surface area contributed by atoms with Crippen molar-refractivity contribution in [2.75, 3.05) is 32.0 Å². The number of benzene rings is 2. The largest absolute Gasteiger partial charge is 0.389 e. The fourth-order valence-electron chi connectivity index (χ4n) is 4.40. The first-order chi connectivity index (χ1) is 17.3. The number of aliphatic hydroxyl groups is 1. The minimum absolute atomic E-state index is 0.153. The second kappa shape index (κ2) is 12.3. The highest BCUT2D eigenvalue weighted by molar-refractivity contribution is 7.89. The van der Waals surface area contributed by atoms with E-state index in [-0.39, 0.29) is 17.3 Å². The Labute approximate surface area is 219 Å². The van der Waals surface area contributed by atoms with Crippen molar-refractivity contribution in [3.05, 3.63) is 59.9 Å². The molecule has 8 nitrogen and oxygen atoms in total. The first-order valence-electron chi connectivity index (χ1n) is 12.6. The number of sulfonamides is 1. The molecule has 1 amide bonds. The van der Waals surface area contributed by atoms with Crippen molar-refractivity contribution in [1.29, 1.82) is 0 Å². The van der Waals surface area contributed by atoms with Crippen molar-refractivity contribution in [3.63, 3.8) is 0 Å². The Kier molecular flexibility index (Phi) is 9.68. The molecule has 2 aromatic carbocycles. The summed E-state index contributed by atoms with van der Waals surface area (Å²) in [5.41, 5.74) is 0.383. The summed E-state index contributed by atoms with van der Waals surface area (Å²) in [7, 11) is -1.56. The van der Waals surface area contributed by atoms with Gasteiger partial charge in [0.05, 0.1) is 17.0 Å². The standard InChI is InChI=1S/C27H39FN4O4S/c1-27(2,3)31-37(35,36)23-11-9-22(10-12-23)29-18-25(33)24(17-19-13-15-32(4)16-14-19)30-26(34)20-5-7-21(28)8-6-20/h5-12,19,24-25,29,31,33H,13-18H2,1-4H3,(H,30,34)/t24-,25-/m0/s1. The summed E-state index contributed by atoms with van der Waals surface area (Å²) in [5, 5.41) is 17.1. The number of hydrogen-bond donors (Lipinski definition) is 4. The normalized spacial score (nSPS) is 17.2. The monoisotopic (exact) mass is 534 g/mol. The molecule has 0 aliphatic carbocycles. The Balaban J connectivity index is 1.65. The van der Waals surface area contributed by atoms with E-state index in [1.807, 2.05) is 0 Å². The van der Waals surface area contributed by atoms with Gasteiger partial charge in [-0.15, -0.1) is 0 Å². The molecule has 0 saturated carbocycles. The summed E-state index contributed by atoms with van der Waals surface area (Å²) in [6.45, 7) is 7.43. The van der Waals surface area contributed by atoms with Crippen LogP contribution < -0.4 is 15.4 Å². The third-order valence-corrected chi connectivity index (χ3v) is 8.21. The van der Waals surface area contributed by atoms with Crippen LogP contribution in [0.25, 0.3) is 0 Å². The van der Waals surface area contributed by atoms with Gasteiger partial charge >= 0.3 is 0 Å². The van der Waals surface area contributed by atoms with Crippen LogP contribution in [0.15, 0.2) is 53.4 Å². The number of nitrogens with one attached hydrogen (secondary N) is 3. The molecule has 0 spiro atoms. The van der Waals surface area contributed by atoms with Gasteiger partial charge in [-0.2, -0.15) is 0 Å². The number of likely N-dealkylation sites (tertiary alicyclic amines) is 1. The molecule has 1 saturated heterocycles. The molecular formula is C27H39FN4O4S. The van der Waals surface area contributed by atoms with Crippen molar-refractivity contribution in [3.8, 4) is 0 Å². The number of anilines is 1. The van der Waals surface area contributed by atoms with Gasteiger partial charge in [-0.25, -0.2) is 17.5 Å². The lowest BCUT2D eigenvalue weighted by molar-refractivity contribution is 0.0792. The van der Waals surface area contributed by atoms with Crippen LogP contribution in [-0.2, 0) is 10.0 Å². The fraction of sp³-hybridized carbons (Fsp3) is 0.519. The van der Waals surface area contributed by atoms with E-state index in [1.165, 1.54) is 36.4 Å². The predicted molar refractivity (Wildman–Crippen MR) is 144 cm³/mol. The van der Waals surface area contributed by atoms with Gasteiger partial charge in [0.1, 0.15) is 5.82 Å². The van der Waals surface area contributed by atoms with Gasteiger partial charge in [0.25, 0.3) is 5.91 Å². The summed E-state index contributed by atoms with van der Waals surface area (Å²) in [4.78, 5) is 15.3. The van der Waals surface area contributed by atoms with Gasteiger partial charge in [0.15, 0.2) is 0 Å². The van der Waals surface area contributed by atoms with Crippen LogP contribution in [0.5, 0.6) is 0 Å². The first kappa shape index (κ1) is 29.0. The second-order valence-corrected chi connectivity index (χ2v) is 12.6. The molecule has 4 N–H and O–H groups in total. The molecule has 0 unspecified atom stereocenters. The van der Waals surface area contributed by atoms with Crippen LogP contribution in [-0.4, -0.2) is 68.7 Å². The Bertz CT molecular complexity index is 1130. The Hall–Kier alpha value is -2.53. The zero-order chi connectivity index (χ0) is 27.2. The van der Waals surface area contributed by atoms with E-state index in [0.29, 0.717) is 23.6 Å². The Morgan fingerprint density at radius 3 is 2.24 bits per heavy atom. The summed E-state index contributed by atoms with van der Waals surface area (Å²) in [5.74, 6) is -0.418. The molecule has 1 aliphatic rings. The number of amides is 1. The first-order valence-corrected chi connectivity index (χ1v) is 14.1. The maximum atomic E-state index is 13.3. The summed E-state index contributed by atoms with van der Waals surface area (Å²) >= 11 is 0. The third-order valence-electron chi connectivity index (χ3n) is 6.43. The van der Waals surface area contributed by atoms with Crippen LogP contribution >= 0.6 is 0 Å². The zero-order valence-corrected chi connectivity index (χ0v) is 22.8. The third kappa shape index (κ3) is 9.07. The number of aliphatic hydroxyl groups excluding tert-OH is 1. The van der Waals surface area contributed by atoms with E-state index in [0.717, 1.165) is 25.9 Å². The molecule has 0 bridgehead atoms. The highest BCUT2D eigenvalue weighted by atomic mass is 32.2. The van der Waals surface area contributed by atoms with E-state index in [1.54, 1.807) is 32.9 Å². The quantitative estimate of drug-likeness (QED) is 0.373. The molecule has 0 aromatic heterocycles. The van der Waals surface area contributed by atoms with Gasteiger partial charge in [-0.3, -0.25) is 4.79 Å². The molecular weight excluding hydrogens is 495 g/mol. The van der Waals surface area contributed by atoms with Gasteiger partial charge in [0.2, 0.25) is 10.0 Å². The molecule has 3 rings (SSSR count). The lowest BCUT2D eigenvalue weighted by Crippen LogP contribution is -2.48. The van der Waals surface area contributed by atoms with Crippen LogP contribution in [0.1, 0.15) is 50.4 Å². The SMILES string of the molecule is CN1CCC(C[C@H](NC(=O)c2ccc(F)cc2)[C@@H](O)CNc2ccc(S(=O)(=O)NC(C)(C)C)cc2)CC1. The van der Waals surface area contributed by atoms with Gasteiger partial charge < -0.3 is 20.6 Å². The van der Waals surface area contributed by atoms with E-state index in [4.69, 9.17) is 0 Å². The average Bonchev–Trinajstić information content (AvgIpc) is 2.82. The van der Waals surface area contributed by atoms with Gasteiger partial charge in [-0.05, 0) is 115 Å². The number of rotatable bonds is 10. The van der Waals surface area contributed by atoms with Crippen molar-refractivity contribution in [2.24, 2.45) is 5.92 Å². The topological polar surface area (TPSA) is 111 Å². The second-order valence-electron chi connectivity index (χ2n) is 10.9. The van der Waals surface area contributed by atoms with Crippen molar-refractivity contribution in [2.45, 2.75) is 62.6 Å². The minimum Gasteiger partial charge on any atom is -0.389 e. The molecule has 37 heavy (non-hydrogen) atoms. The van der Waals surface area contributed by atoms with Gasteiger partial charge in [0, 0.05) is 23.3 Å². The van der Waals surface area contributed by atoms with E-state index in [2.05, 4.69) is 27.3 Å². The summed E-state index contributed by atoms with van der Waals surface area (Å²) in [6, 6.07) is 11.1. The molecule has 2 aromatic rings. The number of piperidine rings is 1. The molecule has 10 heteroatoms. The van der Waals surface area contributed by atoms with Crippen LogP contribution in [0.2, 0.25) is 0 Å². The number of nitrogens with zero attached hydrogens (tertiary/aromatic N) is 1. The highest BCUT2D eigenvalue weighted by Gasteiger charge is 2.28. The number of hydrogen-bond acceptors (Lipinski definition) is 6. The average molecular weight is 535 g/mol. The maximum Gasteiger partial charge on any atom is 0.251 e. The lowest BCUT2D eigenvalue weighted by atomic mass is 9.88. The Morgan fingerprint density at radius 2 is 1.68 bits per heavy atom. The molecule has 0 radical (unpaired) electrons. The smallest absolute Gasteiger partial charge is 0.251 e. The van der Waals surface area contributed by atoms with E-state index >= 15 is 0 Å². The Morgan fingerprint density at radius 1 is 1.08 bits per heavy atom. The van der Waals surface area contributed by atoms with Crippen molar-refractivity contribution in [1.82, 2.24) is 14.9 Å². The number of halogens is 1. The van der Waals surface area contributed by atoms with Crippen molar-refractivity contribution >= 4 is 21.6 Å². The predicted octanol–water partition coefficient (Wildman–Crippen LogP) is 3.21. The summed E-state index contributed by atoms with van der Waals surface area (Å²) < 4.78 is 41.0. The number of carbonyl (C=O) groups is 1. The molecule has 204 valence electrons. The van der Waals surface area contributed by atoms with E-state index < -0.39 is 33.5 Å². The molecule has 1 aliphatic heterocycles. The maximum absolute atomic E-state index is 13.3. The minimum atomic E-state index is -3.64. The van der Waals surface area contributed by atoms with Gasteiger partial charge in [-0.1, -0.05) is 0 Å². The van der Waals surface area contributed by atoms with E-state index in [9.17, 15) is 22.7 Å². The lowest BCUT2D eigenvalue weighted by Gasteiger charge is -2.33.